The highest BCUT2D eigenvalue weighted by Gasteiger charge is 2.51. The van der Waals surface area contributed by atoms with Crippen molar-refractivity contribution in [2.24, 2.45) is 0 Å². The molecular weight excluding hydrogens is 330 g/mol. The van der Waals surface area contributed by atoms with Gasteiger partial charge in [0, 0.05) is 22.7 Å². The molecule has 120 valence electrons. The highest BCUT2D eigenvalue weighted by molar-refractivity contribution is 8.01. The minimum absolute atomic E-state index is 0.160. The molecule has 4 rings (SSSR count). The van der Waals surface area contributed by atoms with Crippen LogP contribution in [0.1, 0.15) is 0 Å². The molecule has 2 amide bonds. The second-order valence-corrected chi connectivity index (χ2v) is 6.63. The van der Waals surface area contributed by atoms with Crippen LogP contribution in [0, 0.1) is 10.1 Å². The summed E-state index contributed by atoms with van der Waals surface area (Å²) in [5.74, 6) is -0.759. The van der Waals surface area contributed by atoms with Crippen LogP contribution in [0.4, 0.5) is 17.1 Å². The highest BCUT2D eigenvalue weighted by Crippen LogP contribution is 2.42. The monoisotopic (exact) mass is 341 g/mol. The Balaban J connectivity index is 1.71. The van der Waals surface area contributed by atoms with Gasteiger partial charge in [-0.3, -0.25) is 19.7 Å². The number of nitro groups is 1. The number of rotatable bonds is 2. The van der Waals surface area contributed by atoms with E-state index in [2.05, 4.69) is 5.32 Å². The van der Waals surface area contributed by atoms with Crippen molar-refractivity contribution in [3.05, 3.63) is 58.6 Å². The van der Waals surface area contributed by atoms with E-state index >= 15 is 0 Å². The number of nitrogens with zero attached hydrogens (tertiary/aromatic N) is 2. The summed E-state index contributed by atoms with van der Waals surface area (Å²) in [7, 11) is 0. The van der Waals surface area contributed by atoms with E-state index in [1.54, 1.807) is 0 Å². The van der Waals surface area contributed by atoms with Crippen molar-refractivity contribution in [1.29, 1.82) is 0 Å². The van der Waals surface area contributed by atoms with Crippen molar-refractivity contribution in [3.8, 4) is 0 Å². The number of carbonyl (C=O) groups is 2. The molecule has 1 fully saturated rings. The number of nitrogens with one attached hydrogen (secondary N) is 1. The normalized spacial score (nSPS) is 21.9. The Labute approximate surface area is 140 Å². The first kappa shape index (κ1) is 14.7. The summed E-state index contributed by atoms with van der Waals surface area (Å²) in [5.41, 5.74) is 0.873. The summed E-state index contributed by atoms with van der Waals surface area (Å²) >= 11 is 1.34. The third kappa shape index (κ3) is 2.15. The van der Waals surface area contributed by atoms with Crippen molar-refractivity contribution in [3.63, 3.8) is 0 Å². The molecule has 2 aliphatic heterocycles. The van der Waals surface area contributed by atoms with E-state index in [0.29, 0.717) is 0 Å². The molecule has 24 heavy (non-hydrogen) atoms. The topological polar surface area (TPSA) is 92.6 Å². The molecule has 7 nitrogen and oxygen atoms in total. The van der Waals surface area contributed by atoms with Crippen molar-refractivity contribution in [1.82, 2.24) is 0 Å². The van der Waals surface area contributed by atoms with E-state index in [1.165, 1.54) is 36.0 Å². The summed E-state index contributed by atoms with van der Waals surface area (Å²) in [4.78, 5) is 37.7. The number of non-ortho nitro benzene ring substituents is 1. The maximum Gasteiger partial charge on any atom is 0.271 e. The molecule has 2 atom stereocenters. The van der Waals surface area contributed by atoms with Gasteiger partial charge < -0.3 is 5.32 Å². The quantitative estimate of drug-likeness (QED) is 0.512. The smallest absolute Gasteiger partial charge is 0.271 e. The number of benzene rings is 2. The molecule has 0 unspecified atom stereocenters. The average Bonchev–Trinajstić information content (AvgIpc) is 2.84. The molecular formula is C16H11N3O4S. The molecule has 2 aromatic rings. The van der Waals surface area contributed by atoms with Gasteiger partial charge in [0.05, 0.1) is 10.6 Å². The number of fused-ring (bicyclic) bond motifs is 2. The zero-order valence-corrected chi connectivity index (χ0v) is 13.0. The van der Waals surface area contributed by atoms with Crippen LogP contribution in [0.2, 0.25) is 0 Å². The van der Waals surface area contributed by atoms with Crippen LogP contribution < -0.4 is 10.2 Å². The van der Waals surface area contributed by atoms with Gasteiger partial charge in [0.2, 0.25) is 5.91 Å². The lowest BCUT2D eigenvalue weighted by molar-refractivity contribution is -0.384. The van der Waals surface area contributed by atoms with Gasteiger partial charge in [0.1, 0.15) is 11.3 Å². The number of nitro benzene ring substituents is 1. The maximum atomic E-state index is 12.7. The first-order valence-electron chi connectivity index (χ1n) is 7.21. The fourth-order valence-electron chi connectivity index (χ4n) is 2.90. The van der Waals surface area contributed by atoms with Gasteiger partial charge in [0.15, 0.2) is 0 Å². The average molecular weight is 341 g/mol. The summed E-state index contributed by atoms with van der Waals surface area (Å²) in [6.07, 6.45) is 0. The molecule has 0 aromatic heterocycles. The lowest BCUT2D eigenvalue weighted by Gasteiger charge is -2.25. The summed E-state index contributed by atoms with van der Waals surface area (Å²) < 4.78 is 0. The molecule has 2 aliphatic rings. The van der Waals surface area contributed by atoms with Crippen molar-refractivity contribution < 1.29 is 14.5 Å². The lowest BCUT2D eigenvalue weighted by Crippen LogP contribution is -2.37. The van der Waals surface area contributed by atoms with Crippen molar-refractivity contribution in [2.45, 2.75) is 16.2 Å². The van der Waals surface area contributed by atoms with Gasteiger partial charge >= 0.3 is 0 Å². The number of hydrogen-bond donors (Lipinski definition) is 1. The fraction of sp³-hybridized carbons (Fsp3) is 0.125. The predicted molar refractivity (Wildman–Crippen MR) is 89.1 cm³/mol. The van der Waals surface area contributed by atoms with Crippen LogP contribution in [0.5, 0.6) is 0 Å². The van der Waals surface area contributed by atoms with Crippen LogP contribution >= 0.6 is 11.8 Å². The largest absolute Gasteiger partial charge is 0.371 e. The van der Waals surface area contributed by atoms with E-state index in [0.717, 1.165) is 15.5 Å². The minimum atomic E-state index is -0.670. The summed E-state index contributed by atoms with van der Waals surface area (Å²) in [6, 6.07) is 12.3. The number of amides is 2. The van der Waals surface area contributed by atoms with Crippen LogP contribution in [-0.2, 0) is 9.59 Å². The van der Waals surface area contributed by atoms with Gasteiger partial charge in [-0.05, 0) is 18.2 Å². The second-order valence-electron chi connectivity index (χ2n) is 5.45. The lowest BCUT2D eigenvalue weighted by atomic mass is 10.2. The van der Waals surface area contributed by atoms with Crippen LogP contribution in [0.15, 0.2) is 53.4 Å². The third-order valence-corrected chi connectivity index (χ3v) is 5.34. The summed E-state index contributed by atoms with van der Waals surface area (Å²) in [5, 5.41) is 13.5. The van der Waals surface area contributed by atoms with Gasteiger partial charge in [-0.1, -0.05) is 18.2 Å². The molecule has 2 heterocycles. The Morgan fingerprint density at radius 3 is 2.67 bits per heavy atom. The van der Waals surface area contributed by atoms with E-state index in [9.17, 15) is 19.7 Å². The number of imide groups is 1. The molecule has 0 bridgehead atoms. The third-order valence-electron chi connectivity index (χ3n) is 4.00. The minimum Gasteiger partial charge on any atom is -0.371 e. The standard InChI is InChI=1S/C16H11N3O4S/c20-15-13-14(24-12-7-2-1-6-11(12)17-13)16(21)18(15)9-4-3-5-10(8-9)19(22)23/h1-8,13-14,17H/t13-,14+/m0/s1. The Bertz CT molecular complexity index is 842. The summed E-state index contributed by atoms with van der Waals surface area (Å²) in [6.45, 7) is 0. The Hall–Kier alpha value is -2.87. The second kappa shape index (κ2) is 5.34. The predicted octanol–water partition coefficient (Wildman–Crippen LogP) is 2.42. The molecule has 1 saturated heterocycles. The Kier molecular flexibility index (Phi) is 3.27. The Morgan fingerprint density at radius 2 is 1.88 bits per heavy atom. The Morgan fingerprint density at radius 1 is 1.08 bits per heavy atom. The molecule has 0 saturated carbocycles. The SMILES string of the molecule is O=C1[C@H]2Nc3ccccc3S[C@H]2C(=O)N1c1cccc([N+](=O)[O-])c1. The number of thioether (sulfide) groups is 1. The zero-order chi connectivity index (χ0) is 16.8. The highest BCUT2D eigenvalue weighted by atomic mass is 32.2. The molecule has 1 N–H and O–H groups in total. The first-order chi connectivity index (χ1) is 11.6. The van der Waals surface area contributed by atoms with Crippen LogP contribution in [0.25, 0.3) is 0 Å². The number of hydrogen-bond acceptors (Lipinski definition) is 6. The number of anilines is 2. The fourth-order valence-corrected chi connectivity index (χ4v) is 4.11. The van der Waals surface area contributed by atoms with Gasteiger partial charge in [-0.15, -0.1) is 11.8 Å². The van der Waals surface area contributed by atoms with E-state index in [4.69, 9.17) is 0 Å². The van der Waals surface area contributed by atoms with Crippen LogP contribution in [0.3, 0.4) is 0 Å². The molecule has 0 spiro atoms. The van der Waals surface area contributed by atoms with E-state index in [1.807, 2.05) is 24.3 Å². The van der Waals surface area contributed by atoms with Crippen molar-refractivity contribution >= 4 is 40.6 Å². The molecule has 8 heteroatoms. The van der Waals surface area contributed by atoms with E-state index < -0.39 is 22.1 Å². The molecule has 0 radical (unpaired) electrons. The first-order valence-corrected chi connectivity index (χ1v) is 8.09. The number of carbonyl (C=O) groups excluding carboxylic acids is 2. The zero-order valence-electron chi connectivity index (χ0n) is 12.2. The van der Waals surface area contributed by atoms with E-state index in [-0.39, 0.29) is 17.3 Å². The maximum absolute atomic E-state index is 12.7. The van der Waals surface area contributed by atoms with Gasteiger partial charge in [-0.2, -0.15) is 0 Å². The van der Waals surface area contributed by atoms with Crippen molar-refractivity contribution in [2.75, 3.05) is 10.2 Å². The number of para-hydroxylation sites is 1. The molecule has 0 aliphatic carbocycles. The van der Waals surface area contributed by atoms with Gasteiger partial charge in [0.25, 0.3) is 11.6 Å². The molecule has 2 aromatic carbocycles. The van der Waals surface area contributed by atoms with Crippen LogP contribution in [-0.4, -0.2) is 28.0 Å². The van der Waals surface area contributed by atoms with Gasteiger partial charge in [-0.25, -0.2) is 4.90 Å².